The summed E-state index contributed by atoms with van der Waals surface area (Å²) in [6.07, 6.45) is 2.97. The zero-order valence-electron chi connectivity index (χ0n) is 5.90. The van der Waals surface area contributed by atoms with E-state index in [4.69, 9.17) is 0 Å². The van der Waals surface area contributed by atoms with Crippen LogP contribution in [0.15, 0.2) is 0 Å². The first-order chi connectivity index (χ1) is 4.47. The van der Waals surface area contributed by atoms with E-state index in [0.29, 0.717) is 0 Å². The number of rotatable bonds is 0. The fourth-order valence-corrected chi connectivity index (χ4v) is 2.20. The van der Waals surface area contributed by atoms with E-state index in [0.717, 1.165) is 6.04 Å². The third kappa shape index (κ3) is 0.970. The van der Waals surface area contributed by atoms with Crippen LogP contribution < -0.4 is 10.2 Å². The molecule has 2 unspecified atom stereocenters. The van der Waals surface area contributed by atoms with Gasteiger partial charge in [0.25, 0.3) is 0 Å². The molecule has 9 heavy (non-hydrogen) atoms. The second kappa shape index (κ2) is 2.27. The van der Waals surface area contributed by atoms with Crippen LogP contribution in [0.5, 0.6) is 0 Å². The summed E-state index contributed by atoms with van der Waals surface area (Å²) in [6, 6.07) is 1.03. The number of fused-ring (bicyclic) bond motifs is 1. The van der Waals surface area contributed by atoms with E-state index in [1.165, 1.54) is 39.0 Å². The summed E-state index contributed by atoms with van der Waals surface area (Å²) in [5.74, 6) is 0. The molecule has 2 nitrogen and oxygen atoms in total. The lowest BCUT2D eigenvalue weighted by atomic mass is 10.2. The summed E-state index contributed by atoms with van der Waals surface area (Å²) >= 11 is 0. The lowest BCUT2D eigenvalue weighted by Gasteiger charge is -2.23. The highest BCUT2D eigenvalue weighted by molar-refractivity contribution is 4.61. The minimum Gasteiger partial charge on any atom is -0.337 e. The van der Waals surface area contributed by atoms with Crippen LogP contribution in [0.1, 0.15) is 12.8 Å². The van der Waals surface area contributed by atoms with E-state index in [9.17, 15) is 0 Å². The van der Waals surface area contributed by atoms with Crippen LogP contribution in [-0.4, -0.2) is 32.2 Å². The van der Waals surface area contributed by atoms with Gasteiger partial charge < -0.3 is 10.2 Å². The van der Waals surface area contributed by atoms with Crippen LogP contribution in [0.2, 0.25) is 0 Å². The van der Waals surface area contributed by atoms with E-state index in [1.54, 1.807) is 0 Å². The number of nitrogens with one attached hydrogen (secondary N) is 1. The first-order valence-electron chi connectivity index (χ1n) is 4.13. The lowest BCUT2D eigenvalue weighted by molar-refractivity contribution is -0.959. The Bertz CT molecular complexity index is 91.1. The summed E-state index contributed by atoms with van der Waals surface area (Å²) < 4.78 is 0. The topological polar surface area (TPSA) is 21.1 Å². The van der Waals surface area contributed by atoms with E-state index < -0.39 is 0 Å². The van der Waals surface area contributed by atoms with Crippen molar-refractivity contribution in [2.24, 2.45) is 0 Å². The van der Waals surface area contributed by atoms with Gasteiger partial charge in [-0.3, -0.25) is 0 Å². The van der Waals surface area contributed by atoms with E-state index in [-0.39, 0.29) is 0 Å². The van der Waals surface area contributed by atoms with E-state index >= 15 is 0 Å². The van der Waals surface area contributed by atoms with Crippen molar-refractivity contribution < 1.29 is 10.2 Å². The Morgan fingerprint density at radius 2 is 2.33 bits per heavy atom. The van der Waals surface area contributed by atoms with Crippen LogP contribution >= 0.6 is 0 Å². The van der Waals surface area contributed by atoms with Gasteiger partial charge in [0.05, 0.1) is 6.54 Å². The van der Waals surface area contributed by atoms with Crippen LogP contribution in [0.3, 0.4) is 0 Å². The molecule has 0 spiro atoms. The second-order valence-electron chi connectivity index (χ2n) is 3.31. The summed E-state index contributed by atoms with van der Waals surface area (Å²) in [5, 5.41) is 2.47. The quantitative estimate of drug-likeness (QED) is 0.363. The molecule has 0 saturated carbocycles. The zero-order valence-corrected chi connectivity index (χ0v) is 5.90. The van der Waals surface area contributed by atoms with Crippen molar-refractivity contribution >= 4 is 0 Å². The largest absolute Gasteiger partial charge is 0.337 e. The molecule has 0 amide bonds. The maximum Gasteiger partial charge on any atom is 0.137 e. The van der Waals surface area contributed by atoms with Crippen LogP contribution in [-0.2, 0) is 0 Å². The number of quaternary nitrogens is 2. The summed E-state index contributed by atoms with van der Waals surface area (Å²) in [6.45, 7) is 5.64. The average Bonchev–Trinajstić information content (AvgIpc) is 2.33. The highest BCUT2D eigenvalue weighted by atomic mass is 15.2. The Kier molecular flexibility index (Phi) is 1.44. The smallest absolute Gasteiger partial charge is 0.137 e. The fourth-order valence-electron chi connectivity index (χ4n) is 2.20. The number of piperazine rings is 1. The molecule has 2 aliphatic rings. The average molecular weight is 128 g/mol. The Balaban J connectivity index is 1.97. The Morgan fingerprint density at radius 1 is 1.33 bits per heavy atom. The lowest BCUT2D eigenvalue weighted by Crippen LogP contribution is -3.22. The van der Waals surface area contributed by atoms with E-state index in [1.807, 2.05) is 4.90 Å². The molecular weight excluding hydrogens is 112 g/mol. The van der Waals surface area contributed by atoms with Gasteiger partial charge in [0, 0.05) is 12.8 Å². The van der Waals surface area contributed by atoms with Crippen molar-refractivity contribution in [3.05, 3.63) is 0 Å². The SMILES string of the molecule is C1CC2C[NH2+]CC[NH+]2C1. The first kappa shape index (κ1) is 5.69. The Morgan fingerprint density at radius 3 is 3.22 bits per heavy atom. The minimum atomic E-state index is 1.03. The van der Waals surface area contributed by atoms with Gasteiger partial charge in [-0.2, -0.15) is 0 Å². The van der Waals surface area contributed by atoms with Gasteiger partial charge >= 0.3 is 0 Å². The van der Waals surface area contributed by atoms with Crippen LogP contribution in [0.25, 0.3) is 0 Å². The predicted octanol–water partition coefficient (Wildman–Crippen LogP) is -2.39. The van der Waals surface area contributed by atoms with Crippen LogP contribution in [0.4, 0.5) is 0 Å². The highest BCUT2D eigenvalue weighted by Gasteiger charge is 2.32. The van der Waals surface area contributed by atoms with Gasteiger partial charge in [0.15, 0.2) is 0 Å². The van der Waals surface area contributed by atoms with Gasteiger partial charge in [-0.05, 0) is 0 Å². The molecular formula is C7H16N2+2. The highest BCUT2D eigenvalue weighted by Crippen LogP contribution is 1.97. The maximum atomic E-state index is 2.47. The summed E-state index contributed by atoms with van der Waals surface area (Å²) in [5.41, 5.74) is 0. The van der Waals surface area contributed by atoms with Gasteiger partial charge in [-0.1, -0.05) is 0 Å². The molecule has 2 rings (SSSR count). The number of nitrogens with two attached hydrogens (primary N) is 1. The summed E-state index contributed by atoms with van der Waals surface area (Å²) in [7, 11) is 0. The molecule has 2 saturated heterocycles. The van der Waals surface area contributed by atoms with Gasteiger partial charge in [0.2, 0.25) is 0 Å². The molecule has 2 atom stereocenters. The molecule has 0 aromatic carbocycles. The van der Waals surface area contributed by atoms with Gasteiger partial charge in [0.1, 0.15) is 25.7 Å². The number of hydrogen-bond donors (Lipinski definition) is 2. The predicted molar refractivity (Wildman–Crippen MR) is 35.4 cm³/mol. The monoisotopic (exact) mass is 128 g/mol. The standard InChI is InChI=1S/C7H14N2/c1-2-7-6-8-3-5-9(7)4-1/h7-8H,1-6H2/p+2. The third-order valence-corrected chi connectivity index (χ3v) is 2.75. The fraction of sp³-hybridized carbons (Fsp3) is 1.00. The molecule has 0 aromatic heterocycles. The first-order valence-corrected chi connectivity index (χ1v) is 4.13. The normalized spacial score (nSPS) is 42.7. The Labute approximate surface area is 56.2 Å². The molecule has 2 aliphatic heterocycles. The van der Waals surface area contributed by atoms with Crippen molar-refractivity contribution in [3.8, 4) is 0 Å². The molecule has 2 fully saturated rings. The van der Waals surface area contributed by atoms with Gasteiger partial charge in [-0.25, -0.2) is 0 Å². The molecule has 0 aliphatic carbocycles. The molecule has 2 heterocycles. The van der Waals surface area contributed by atoms with Gasteiger partial charge in [-0.15, -0.1) is 0 Å². The minimum absolute atomic E-state index is 1.03. The molecule has 2 heteroatoms. The third-order valence-electron chi connectivity index (χ3n) is 2.75. The number of hydrogen-bond acceptors (Lipinski definition) is 0. The van der Waals surface area contributed by atoms with Crippen molar-refractivity contribution in [2.75, 3.05) is 26.2 Å². The molecule has 0 radical (unpaired) electrons. The van der Waals surface area contributed by atoms with Crippen molar-refractivity contribution in [2.45, 2.75) is 18.9 Å². The maximum absolute atomic E-state index is 2.47. The van der Waals surface area contributed by atoms with Crippen molar-refractivity contribution in [1.29, 1.82) is 0 Å². The molecule has 52 valence electrons. The van der Waals surface area contributed by atoms with E-state index in [2.05, 4.69) is 5.32 Å². The van der Waals surface area contributed by atoms with Crippen molar-refractivity contribution in [1.82, 2.24) is 0 Å². The molecule has 3 N–H and O–H groups in total. The second-order valence-corrected chi connectivity index (χ2v) is 3.31. The van der Waals surface area contributed by atoms with Crippen LogP contribution in [0, 0.1) is 0 Å². The molecule has 0 bridgehead atoms. The summed E-state index contributed by atoms with van der Waals surface area (Å²) in [4.78, 5) is 1.89. The Hall–Kier alpha value is -0.0800. The molecule has 0 aromatic rings. The van der Waals surface area contributed by atoms with Crippen molar-refractivity contribution in [3.63, 3.8) is 0 Å². The zero-order chi connectivity index (χ0) is 6.10.